The summed E-state index contributed by atoms with van der Waals surface area (Å²) < 4.78 is 0. The van der Waals surface area contributed by atoms with Gasteiger partial charge in [0.1, 0.15) is 0 Å². The van der Waals surface area contributed by atoms with Gasteiger partial charge in [-0.2, -0.15) is 0 Å². The standard InChI is InChI=1S/C20H34N4.HI/c1-16(2)23(6)14-18-10-8-7-9-17(18)13-22-19(21-5)24-12-11-20(3,4)15-24;/h7-10,16H,11-15H2,1-6H3,(H,21,22);1H. The first-order valence-corrected chi connectivity index (χ1v) is 9.05. The summed E-state index contributed by atoms with van der Waals surface area (Å²) in [6.07, 6.45) is 1.23. The molecule has 1 aliphatic heterocycles. The maximum atomic E-state index is 4.49. The van der Waals surface area contributed by atoms with Crippen molar-refractivity contribution >= 4 is 29.9 Å². The molecule has 5 heteroatoms. The Hall–Kier alpha value is -0.820. The zero-order valence-corrected chi connectivity index (χ0v) is 19.0. The molecule has 0 unspecified atom stereocenters. The summed E-state index contributed by atoms with van der Waals surface area (Å²) in [7, 11) is 4.06. The number of benzene rings is 1. The van der Waals surface area contributed by atoms with Crippen molar-refractivity contribution in [3.63, 3.8) is 0 Å². The Kier molecular flexibility index (Phi) is 8.68. The summed E-state index contributed by atoms with van der Waals surface area (Å²) in [5.74, 6) is 1.02. The predicted molar refractivity (Wildman–Crippen MR) is 119 cm³/mol. The molecule has 1 aromatic carbocycles. The van der Waals surface area contributed by atoms with E-state index in [0.29, 0.717) is 11.5 Å². The summed E-state index contributed by atoms with van der Waals surface area (Å²) in [6.45, 7) is 13.1. The van der Waals surface area contributed by atoms with Crippen LogP contribution in [0.4, 0.5) is 0 Å². The number of rotatable bonds is 5. The molecule has 142 valence electrons. The third kappa shape index (κ3) is 6.44. The monoisotopic (exact) mass is 458 g/mol. The van der Waals surface area contributed by atoms with Crippen LogP contribution in [0.3, 0.4) is 0 Å². The number of aliphatic imine (C=N–C) groups is 1. The summed E-state index contributed by atoms with van der Waals surface area (Å²) in [5.41, 5.74) is 3.12. The van der Waals surface area contributed by atoms with Gasteiger partial charge in [-0.1, -0.05) is 38.1 Å². The summed E-state index contributed by atoms with van der Waals surface area (Å²) in [6, 6.07) is 9.25. The van der Waals surface area contributed by atoms with Gasteiger partial charge in [0.25, 0.3) is 0 Å². The largest absolute Gasteiger partial charge is 0.352 e. The second kappa shape index (κ2) is 9.76. The van der Waals surface area contributed by atoms with Crippen LogP contribution in [0.1, 0.15) is 45.2 Å². The molecule has 1 N–H and O–H groups in total. The van der Waals surface area contributed by atoms with Crippen molar-refractivity contribution in [2.45, 2.75) is 53.2 Å². The van der Waals surface area contributed by atoms with Crippen molar-refractivity contribution in [3.8, 4) is 0 Å². The molecule has 0 aromatic heterocycles. The maximum Gasteiger partial charge on any atom is 0.193 e. The van der Waals surface area contributed by atoms with Crippen LogP contribution in [0.15, 0.2) is 29.3 Å². The van der Waals surface area contributed by atoms with Crippen LogP contribution in [0.25, 0.3) is 0 Å². The average molecular weight is 458 g/mol. The van der Waals surface area contributed by atoms with Gasteiger partial charge in [-0.05, 0) is 43.9 Å². The van der Waals surface area contributed by atoms with Crippen LogP contribution in [0.2, 0.25) is 0 Å². The van der Waals surface area contributed by atoms with Crippen LogP contribution in [0, 0.1) is 5.41 Å². The highest BCUT2D eigenvalue weighted by Crippen LogP contribution is 2.28. The molecule has 0 spiro atoms. The number of halogens is 1. The maximum absolute atomic E-state index is 4.49. The van der Waals surface area contributed by atoms with E-state index in [1.54, 1.807) is 0 Å². The Balaban J connectivity index is 0.00000312. The quantitative estimate of drug-likeness (QED) is 0.412. The molecule has 1 saturated heterocycles. The first kappa shape index (κ1) is 22.2. The van der Waals surface area contributed by atoms with Crippen molar-refractivity contribution in [1.82, 2.24) is 15.1 Å². The lowest BCUT2D eigenvalue weighted by Crippen LogP contribution is -2.40. The SMILES string of the molecule is CN=C(NCc1ccccc1CN(C)C(C)C)N1CCC(C)(C)C1.I. The molecular formula is C20H35IN4. The summed E-state index contributed by atoms with van der Waals surface area (Å²) in [4.78, 5) is 9.24. The lowest BCUT2D eigenvalue weighted by Gasteiger charge is -2.25. The minimum Gasteiger partial charge on any atom is -0.352 e. The van der Waals surface area contributed by atoms with Crippen LogP contribution in [-0.2, 0) is 13.1 Å². The molecule has 1 aromatic rings. The van der Waals surface area contributed by atoms with E-state index in [9.17, 15) is 0 Å². The van der Waals surface area contributed by atoms with E-state index in [1.807, 2.05) is 7.05 Å². The Morgan fingerprint density at radius 1 is 1.28 bits per heavy atom. The lowest BCUT2D eigenvalue weighted by atomic mass is 9.93. The fraction of sp³-hybridized carbons (Fsp3) is 0.650. The van der Waals surface area contributed by atoms with Crippen molar-refractivity contribution in [2.24, 2.45) is 10.4 Å². The number of guanidine groups is 1. The normalized spacial score (nSPS) is 17.1. The molecule has 0 amide bonds. The molecule has 1 fully saturated rings. The van der Waals surface area contributed by atoms with Crippen LogP contribution in [0.5, 0.6) is 0 Å². The number of likely N-dealkylation sites (tertiary alicyclic amines) is 1. The third-order valence-electron chi connectivity index (χ3n) is 5.05. The second-order valence-corrected chi connectivity index (χ2v) is 8.01. The molecule has 25 heavy (non-hydrogen) atoms. The molecule has 0 saturated carbocycles. The van der Waals surface area contributed by atoms with E-state index in [0.717, 1.165) is 32.1 Å². The molecule has 0 atom stereocenters. The Bertz CT molecular complexity index is 569. The molecule has 0 radical (unpaired) electrons. The van der Waals surface area contributed by atoms with Crippen molar-refractivity contribution in [1.29, 1.82) is 0 Å². The fourth-order valence-corrected chi connectivity index (χ4v) is 3.14. The van der Waals surface area contributed by atoms with Crippen molar-refractivity contribution in [3.05, 3.63) is 35.4 Å². The zero-order valence-electron chi connectivity index (χ0n) is 16.7. The van der Waals surface area contributed by atoms with E-state index >= 15 is 0 Å². The molecule has 1 aliphatic rings. The number of nitrogens with zero attached hydrogens (tertiary/aromatic N) is 3. The average Bonchev–Trinajstić information content (AvgIpc) is 2.89. The van der Waals surface area contributed by atoms with Gasteiger partial charge >= 0.3 is 0 Å². The molecule has 4 nitrogen and oxygen atoms in total. The minimum absolute atomic E-state index is 0. The van der Waals surface area contributed by atoms with Crippen molar-refractivity contribution < 1.29 is 0 Å². The highest BCUT2D eigenvalue weighted by Gasteiger charge is 2.30. The first-order chi connectivity index (χ1) is 11.3. The Labute approximate surface area is 171 Å². The van der Waals surface area contributed by atoms with E-state index < -0.39 is 0 Å². The highest BCUT2D eigenvalue weighted by atomic mass is 127. The molecule has 2 rings (SSSR count). The Morgan fingerprint density at radius 2 is 1.92 bits per heavy atom. The van der Waals surface area contributed by atoms with Crippen LogP contribution < -0.4 is 5.32 Å². The molecule has 0 aliphatic carbocycles. The van der Waals surface area contributed by atoms with Crippen LogP contribution in [-0.4, -0.2) is 49.0 Å². The second-order valence-electron chi connectivity index (χ2n) is 8.01. The van der Waals surface area contributed by atoms with Gasteiger partial charge in [0.15, 0.2) is 5.96 Å². The smallest absolute Gasteiger partial charge is 0.193 e. The number of nitrogens with one attached hydrogen (secondary N) is 1. The van der Waals surface area contributed by atoms with Crippen molar-refractivity contribution in [2.75, 3.05) is 27.2 Å². The van der Waals surface area contributed by atoms with E-state index in [2.05, 4.69) is 79.1 Å². The predicted octanol–water partition coefficient (Wildman–Crippen LogP) is 3.95. The molecule has 0 bridgehead atoms. The van der Waals surface area contributed by atoms with E-state index in [4.69, 9.17) is 0 Å². The minimum atomic E-state index is 0. The van der Waals surface area contributed by atoms with Gasteiger partial charge < -0.3 is 10.2 Å². The van der Waals surface area contributed by atoms with Gasteiger partial charge in [-0.25, -0.2) is 0 Å². The summed E-state index contributed by atoms with van der Waals surface area (Å²) in [5, 5.41) is 3.57. The molecule has 1 heterocycles. The molecular weight excluding hydrogens is 423 g/mol. The van der Waals surface area contributed by atoms with Gasteiger partial charge in [0.05, 0.1) is 0 Å². The number of hydrogen-bond donors (Lipinski definition) is 1. The number of hydrogen-bond acceptors (Lipinski definition) is 2. The summed E-state index contributed by atoms with van der Waals surface area (Å²) >= 11 is 0. The van der Waals surface area contributed by atoms with E-state index in [-0.39, 0.29) is 24.0 Å². The van der Waals surface area contributed by atoms with Gasteiger partial charge in [0, 0.05) is 39.3 Å². The highest BCUT2D eigenvalue weighted by molar-refractivity contribution is 14.0. The zero-order chi connectivity index (χ0) is 17.7. The van der Waals surface area contributed by atoms with Gasteiger partial charge in [-0.3, -0.25) is 9.89 Å². The van der Waals surface area contributed by atoms with Gasteiger partial charge in [0.2, 0.25) is 0 Å². The van der Waals surface area contributed by atoms with Crippen LogP contribution >= 0.6 is 24.0 Å². The third-order valence-corrected chi connectivity index (χ3v) is 5.05. The van der Waals surface area contributed by atoms with E-state index in [1.165, 1.54) is 17.5 Å². The first-order valence-electron chi connectivity index (χ1n) is 9.05. The Morgan fingerprint density at radius 3 is 2.44 bits per heavy atom. The fourth-order valence-electron chi connectivity index (χ4n) is 3.14. The topological polar surface area (TPSA) is 30.9 Å². The lowest BCUT2D eigenvalue weighted by molar-refractivity contribution is 0.265. The van der Waals surface area contributed by atoms with Gasteiger partial charge in [-0.15, -0.1) is 24.0 Å².